The molecular weight excluding hydrogens is 379 g/mol. The summed E-state index contributed by atoms with van der Waals surface area (Å²) in [4.78, 5) is 12.1. The number of rotatable bonds is 8. The van der Waals surface area contributed by atoms with E-state index in [1.165, 1.54) is 23.5 Å². The van der Waals surface area contributed by atoms with Gasteiger partial charge in [0.25, 0.3) is 0 Å². The fourth-order valence-corrected chi connectivity index (χ4v) is 4.49. The molecule has 142 valence electrons. The summed E-state index contributed by atoms with van der Waals surface area (Å²) >= 11 is 1.42. The summed E-state index contributed by atoms with van der Waals surface area (Å²) in [7, 11) is -4.22. The van der Waals surface area contributed by atoms with Crippen LogP contribution in [0, 0.1) is 11.7 Å². The predicted molar refractivity (Wildman–Crippen MR) is 97.6 cm³/mol. The van der Waals surface area contributed by atoms with Crippen LogP contribution >= 0.6 is 11.3 Å². The highest BCUT2D eigenvalue weighted by Gasteiger charge is 2.31. The number of hydrogen-bond acceptors (Lipinski definition) is 5. The van der Waals surface area contributed by atoms with Crippen molar-refractivity contribution < 1.29 is 22.7 Å². The Morgan fingerprint density at radius 2 is 1.96 bits per heavy atom. The van der Waals surface area contributed by atoms with E-state index in [0.29, 0.717) is 0 Å². The lowest BCUT2D eigenvalue weighted by atomic mass is 10.0. The van der Waals surface area contributed by atoms with Crippen LogP contribution in [0.2, 0.25) is 0 Å². The molecule has 0 spiro atoms. The maximum atomic E-state index is 13.8. The molecule has 0 saturated carbocycles. The lowest BCUT2D eigenvalue weighted by Crippen LogP contribution is -2.50. The van der Waals surface area contributed by atoms with Crippen LogP contribution in [0.3, 0.4) is 0 Å². The molecule has 26 heavy (non-hydrogen) atoms. The molecule has 1 heterocycles. The number of thiophene rings is 1. The maximum Gasteiger partial charge on any atom is 0.244 e. The Morgan fingerprint density at radius 1 is 1.27 bits per heavy atom. The predicted octanol–water partition coefficient (Wildman–Crippen LogP) is 2.04. The molecule has 0 fully saturated rings. The van der Waals surface area contributed by atoms with E-state index in [2.05, 4.69) is 10.0 Å². The van der Waals surface area contributed by atoms with E-state index in [1.807, 2.05) is 5.38 Å². The molecule has 1 unspecified atom stereocenters. The van der Waals surface area contributed by atoms with E-state index >= 15 is 0 Å². The molecule has 9 heteroatoms. The van der Waals surface area contributed by atoms with Crippen LogP contribution in [0.1, 0.15) is 25.5 Å². The van der Waals surface area contributed by atoms with Gasteiger partial charge in [-0.2, -0.15) is 16.1 Å². The molecule has 0 aliphatic carbocycles. The van der Waals surface area contributed by atoms with Crippen LogP contribution in [-0.4, -0.2) is 32.1 Å². The second-order valence-electron chi connectivity index (χ2n) is 6.07. The van der Waals surface area contributed by atoms with Crippen molar-refractivity contribution in [3.63, 3.8) is 0 Å². The minimum absolute atomic E-state index is 0.326. The van der Waals surface area contributed by atoms with Gasteiger partial charge in [-0.15, -0.1) is 0 Å². The minimum atomic E-state index is -4.22. The Labute approximate surface area is 156 Å². The van der Waals surface area contributed by atoms with Crippen LogP contribution in [0.4, 0.5) is 4.39 Å². The minimum Gasteiger partial charge on any atom is -0.394 e. The van der Waals surface area contributed by atoms with Crippen molar-refractivity contribution in [3.05, 3.63) is 52.5 Å². The van der Waals surface area contributed by atoms with E-state index in [-0.39, 0.29) is 6.61 Å². The average molecular weight is 400 g/mol. The SMILES string of the molecule is CC(C)[C@H](NS(=O)(=O)c1ccccc1F)C(=O)NC(CO)c1ccsc1. The van der Waals surface area contributed by atoms with Crippen molar-refractivity contribution in [2.75, 3.05) is 6.61 Å². The Morgan fingerprint density at radius 3 is 2.50 bits per heavy atom. The number of amides is 1. The first-order valence-electron chi connectivity index (χ1n) is 7.96. The second-order valence-corrected chi connectivity index (χ2v) is 8.54. The molecule has 0 radical (unpaired) electrons. The summed E-state index contributed by atoms with van der Waals surface area (Å²) in [5.74, 6) is -1.88. The van der Waals surface area contributed by atoms with Crippen molar-refractivity contribution in [1.29, 1.82) is 0 Å². The topological polar surface area (TPSA) is 95.5 Å². The average Bonchev–Trinajstić information content (AvgIpc) is 3.11. The van der Waals surface area contributed by atoms with E-state index in [9.17, 15) is 22.7 Å². The van der Waals surface area contributed by atoms with Crippen LogP contribution in [0.25, 0.3) is 0 Å². The van der Waals surface area contributed by atoms with Crippen LogP contribution in [0.5, 0.6) is 0 Å². The fraction of sp³-hybridized carbons (Fsp3) is 0.353. The van der Waals surface area contributed by atoms with Gasteiger partial charge in [-0.25, -0.2) is 12.8 Å². The van der Waals surface area contributed by atoms with Gasteiger partial charge in [0.2, 0.25) is 15.9 Å². The van der Waals surface area contributed by atoms with Crippen molar-refractivity contribution in [3.8, 4) is 0 Å². The molecule has 1 aromatic carbocycles. The van der Waals surface area contributed by atoms with Gasteiger partial charge in [-0.3, -0.25) is 4.79 Å². The summed E-state index contributed by atoms with van der Waals surface area (Å²) in [5, 5.41) is 15.7. The molecule has 3 N–H and O–H groups in total. The first-order valence-corrected chi connectivity index (χ1v) is 10.4. The Hall–Kier alpha value is -1.81. The lowest BCUT2D eigenvalue weighted by Gasteiger charge is -2.24. The van der Waals surface area contributed by atoms with Gasteiger partial charge in [-0.05, 0) is 40.4 Å². The number of aliphatic hydroxyl groups excluding tert-OH is 1. The summed E-state index contributed by atoms with van der Waals surface area (Å²) in [5.41, 5.74) is 0.727. The molecule has 0 bridgehead atoms. The van der Waals surface area contributed by atoms with Gasteiger partial charge >= 0.3 is 0 Å². The van der Waals surface area contributed by atoms with Gasteiger partial charge in [0.15, 0.2) is 0 Å². The van der Waals surface area contributed by atoms with Crippen LogP contribution in [0.15, 0.2) is 46.0 Å². The fourth-order valence-electron chi connectivity index (χ4n) is 2.35. The van der Waals surface area contributed by atoms with Gasteiger partial charge < -0.3 is 10.4 Å². The van der Waals surface area contributed by atoms with E-state index in [4.69, 9.17) is 0 Å². The highest BCUT2D eigenvalue weighted by Crippen LogP contribution is 2.18. The number of carbonyl (C=O) groups is 1. The third-order valence-electron chi connectivity index (χ3n) is 3.80. The van der Waals surface area contributed by atoms with Gasteiger partial charge in [0.1, 0.15) is 16.8 Å². The standard InChI is InChI=1S/C17H21FN2O4S2/c1-11(2)16(17(22)19-14(9-21)12-7-8-25-10-12)20-26(23,24)15-6-4-3-5-13(15)18/h3-8,10-11,14,16,20-21H,9H2,1-2H3,(H,19,22)/t14?,16-/m0/s1. The molecule has 2 atom stereocenters. The number of benzene rings is 1. The largest absolute Gasteiger partial charge is 0.394 e. The second kappa shape index (κ2) is 8.72. The van der Waals surface area contributed by atoms with Gasteiger partial charge in [-0.1, -0.05) is 26.0 Å². The van der Waals surface area contributed by atoms with E-state index < -0.39 is 44.6 Å². The number of sulfonamides is 1. The Kier molecular flexibility index (Phi) is 6.87. The molecular formula is C17H21FN2O4S2. The third kappa shape index (κ3) is 4.88. The first-order chi connectivity index (χ1) is 12.3. The maximum absolute atomic E-state index is 13.8. The molecule has 1 amide bonds. The monoisotopic (exact) mass is 400 g/mol. The summed E-state index contributed by atoms with van der Waals surface area (Å²) < 4.78 is 41.1. The zero-order valence-corrected chi connectivity index (χ0v) is 16.0. The van der Waals surface area contributed by atoms with Crippen LogP contribution in [-0.2, 0) is 14.8 Å². The molecule has 0 aliphatic heterocycles. The number of hydrogen-bond donors (Lipinski definition) is 3. The molecule has 2 rings (SSSR count). The van der Waals surface area contributed by atoms with Crippen molar-refractivity contribution in [1.82, 2.24) is 10.0 Å². The van der Waals surface area contributed by atoms with E-state index in [1.54, 1.807) is 25.3 Å². The zero-order chi connectivity index (χ0) is 19.3. The number of aliphatic hydroxyl groups is 1. The Bertz CT molecular complexity index is 838. The van der Waals surface area contributed by atoms with E-state index in [0.717, 1.165) is 17.7 Å². The Balaban J connectivity index is 2.20. The van der Waals surface area contributed by atoms with Gasteiger partial charge in [0.05, 0.1) is 12.6 Å². The zero-order valence-electron chi connectivity index (χ0n) is 14.3. The summed E-state index contributed by atoms with van der Waals surface area (Å²) in [6, 6.07) is 4.96. The van der Waals surface area contributed by atoms with Crippen molar-refractivity contribution in [2.24, 2.45) is 5.92 Å². The van der Waals surface area contributed by atoms with Crippen LogP contribution < -0.4 is 10.0 Å². The number of halogens is 1. The van der Waals surface area contributed by atoms with Crippen molar-refractivity contribution >= 4 is 27.3 Å². The smallest absolute Gasteiger partial charge is 0.244 e. The van der Waals surface area contributed by atoms with Crippen molar-refractivity contribution in [2.45, 2.75) is 30.8 Å². The highest BCUT2D eigenvalue weighted by atomic mass is 32.2. The first kappa shape index (κ1) is 20.5. The highest BCUT2D eigenvalue weighted by molar-refractivity contribution is 7.89. The number of nitrogens with one attached hydrogen (secondary N) is 2. The van der Waals surface area contributed by atoms with Gasteiger partial charge in [0, 0.05) is 0 Å². The molecule has 6 nitrogen and oxygen atoms in total. The molecule has 2 aromatic rings. The summed E-state index contributed by atoms with van der Waals surface area (Å²) in [6.07, 6.45) is 0. The molecule has 0 saturated heterocycles. The summed E-state index contributed by atoms with van der Waals surface area (Å²) in [6.45, 7) is 3.02. The third-order valence-corrected chi connectivity index (χ3v) is 5.98. The molecule has 1 aromatic heterocycles. The lowest BCUT2D eigenvalue weighted by molar-refractivity contribution is -0.124. The quantitative estimate of drug-likeness (QED) is 0.632. The normalized spacial score (nSPS) is 14.2. The molecule has 0 aliphatic rings. The number of carbonyl (C=O) groups excluding carboxylic acids is 1.